The van der Waals surface area contributed by atoms with Crippen molar-refractivity contribution >= 4 is 17.6 Å². The lowest BCUT2D eigenvalue weighted by molar-refractivity contribution is 0.632. The molecular weight excluding hydrogens is 216 g/mol. The highest BCUT2D eigenvalue weighted by Gasteiger charge is 1.98. The smallest absolute Gasteiger partial charge is 0.122 e. The zero-order chi connectivity index (χ0) is 12.0. The van der Waals surface area contributed by atoms with Crippen LogP contribution < -0.4 is 5.73 Å². The molecule has 1 aromatic carbocycles. The molecule has 1 rings (SSSR count). The monoisotopic (exact) mass is 236 g/mol. The summed E-state index contributed by atoms with van der Waals surface area (Å²) in [5.41, 5.74) is 7.50. The van der Waals surface area contributed by atoms with E-state index in [-0.39, 0.29) is 5.84 Å². The van der Waals surface area contributed by atoms with Crippen molar-refractivity contribution in [3.63, 3.8) is 0 Å². The first-order chi connectivity index (χ1) is 7.59. The first-order valence-corrected chi connectivity index (χ1v) is 6.76. The molecule has 0 heterocycles. The maximum Gasteiger partial charge on any atom is 0.122 e. The van der Waals surface area contributed by atoms with Gasteiger partial charge in [-0.15, -0.1) is 0 Å². The summed E-state index contributed by atoms with van der Waals surface area (Å²) < 4.78 is 0. The van der Waals surface area contributed by atoms with Crippen molar-refractivity contribution in [1.82, 2.24) is 0 Å². The third kappa shape index (κ3) is 4.71. The molecule has 88 valence electrons. The first kappa shape index (κ1) is 13.1. The van der Waals surface area contributed by atoms with Crippen molar-refractivity contribution in [2.24, 2.45) is 11.7 Å². The highest BCUT2D eigenvalue weighted by atomic mass is 32.2. The summed E-state index contributed by atoms with van der Waals surface area (Å²) in [6.45, 7) is 4.50. The molecule has 0 atom stereocenters. The third-order valence-corrected chi connectivity index (χ3v) is 3.44. The number of nitrogens with two attached hydrogens (primary N) is 1. The second-order valence-corrected chi connectivity index (χ2v) is 5.45. The largest absolute Gasteiger partial charge is 0.384 e. The van der Waals surface area contributed by atoms with E-state index in [0.717, 1.165) is 17.2 Å². The SMILES string of the molecule is CC(C)CCSCc1ccc(C(=N)N)cc1. The van der Waals surface area contributed by atoms with E-state index in [2.05, 4.69) is 26.0 Å². The van der Waals surface area contributed by atoms with Crippen molar-refractivity contribution < 1.29 is 0 Å². The van der Waals surface area contributed by atoms with Gasteiger partial charge in [-0.3, -0.25) is 5.41 Å². The van der Waals surface area contributed by atoms with Crippen LogP contribution in [0, 0.1) is 11.3 Å². The quantitative estimate of drug-likeness (QED) is 0.452. The lowest BCUT2D eigenvalue weighted by atomic mass is 10.1. The fourth-order valence-electron chi connectivity index (χ4n) is 1.29. The summed E-state index contributed by atoms with van der Waals surface area (Å²) in [5, 5.41) is 7.29. The van der Waals surface area contributed by atoms with Crippen LogP contribution in [0.3, 0.4) is 0 Å². The fraction of sp³-hybridized carbons (Fsp3) is 0.462. The van der Waals surface area contributed by atoms with Gasteiger partial charge in [-0.1, -0.05) is 38.1 Å². The number of hydrogen-bond acceptors (Lipinski definition) is 2. The zero-order valence-electron chi connectivity index (χ0n) is 9.99. The maximum absolute atomic E-state index is 7.29. The molecule has 0 saturated heterocycles. The van der Waals surface area contributed by atoms with E-state index in [0.29, 0.717) is 0 Å². The third-order valence-electron chi connectivity index (χ3n) is 2.37. The van der Waals surface area contributed by atoms with Crippen molar-refractivity contribution in [2.45, 2.75) is 26.0 Å². The average Bonchev–Trinajstić information content (AvgIpc) is 2.25. The standard InChI is InChI=1S/C13H20N2S/c1-10(2)7-8-16-9-11-3-5-12(6-4-11)13(14)15/h3-6,10H,7-9H2,1-2H3,(H3,14,15). The van der Waals surface area contributed by atoms with Crippen LogP contribution in [0.15, 0.2) is 24.3 Å². The maximum atomic E-state index is 7.29. The number of hydrogen-bond donors (Lipinski definition) is 2. The number of nitrogen functional groups attached to an aromatic ring is 1. The highest BCUT2D eigenvalue weighted by molar-refractivity contribution is 7.98. The summed E-state index contributed by atoms with van der Waals surface area (Å²) in [5.74, 6) is 3.18. The van der Waals surface area contributed by atoms with Crippen LogP contribution in [0.4, 0.5) is 0 Å². The summed E-state index contributed by atoms with van der Waals surface area (Å²) in [7, 11) is 0. The molecule has 16 heavy (non-hydrogen) atoms. The molecule has 0 aliphatic rings. The van der Waals surface area contributed by atoms with Gasteiger partial charge < -0.3 is 5.73 Å². The van der Waals surface area contributed by atoms with Gasteiger partial charge in [0.1, 0.15) is 5.84 Å². The summed E-state index contributed by atoms with van der Waals surface area (Å²) in [6.07, 6.45) is 1.27. The van der Waals surface area contributed by atoms with Crippen LogP contribution in [-0.4, -0.2) is 11.6 Å². The van der Waals surface area contributed by atoms with E-state index >= 15 is 0 Å². The number of amidine groups is 1. The predicted molar refractivity (Wildman–Crippen MR) is 73.1 cm³/mol. The Morgan fingerprint density at radius 3 is 2.44 bits per heavy atom. The molecular formula is C13H20N2S. The molecule has 0 radical (unpaired) electrons. The second kappa shape index (κ2) is 6.59. The molecule has 0 fully saturated rings. The van der Waals surface area contributed by atoms with Crippen molar-refractivity contribution in [2.75, 3.05) is 5.75 Å². The minimum Gasteiger partial charge on any atom is -0.384 e. The molecule has 0 unspecified atom stereocenters. The van der Waals surface area contributed by atoms with Crippen molar-refractivity contribution in [3.8, 4) is 0 Å². The summed E-state index contributed by atoms with van der Waals surface area (Å²) in [4.78, 5) is 0. The zero-order valence-corrected chi connectivity index (χ0v) is 10.8. The Bertz CT molecular complexity index is 330. The number of nitrogens with one attached hydrogen (secondary N) is 1. The molecule has 0 aromatic heterocycles. The summed E-state index contributed by atoms with van der Waals surface area (Å²) in [6, 6.07) is 7.94. The van der Waals surface area contributed by atoms with Gasteiger partial charge in [0.05, 0.1) is 0 Å². The number of thioether (sulfide) groups is 1. The average molecular weight is 236 g/mol. The molecule has 3 N–H and O–H groups in total. The van der Waals surface area contributed by atoms with Crippen LogP contribution in [0.2, 0.25) is 0 Å². The van der Waals surface area contributed by atoms with E-state index in [1.165, 1.54) is 17.7 Å². The highest BCUT2D eigenvalue weighted by Crippen LogP contribution is 2.15. The van der Waals surface area contributed by atoms with E-state index in [1.54, 1.807) is 0 Å². The Morgan fingerprint density at radius 1 is 1.31 bits per heavy atom. The van der Waals surface area contributed by atoms with Crippen LogP contribution in [0.25, 0.3) is 0 Å². The van der Waals surface area contributed by atoms with Crippen LogP contribution in [0.1, 0.15) is 31.4 Å². The van der Waals surface area contributed by atoms with Crippen LogP contribution >= 0.6 is 11.8 Å². The number of rotatable bonds is 6. The minimum atomic E-state index is 0.138. The lowest BCUT2D eigenvalue weighted by Gasteiger charge is -2.05. The van der Waals surface area contributed by atoms with Gasteiger partial charge >= 0.3 is 0 Å². The van der Waals surface area contributed by atoms with Crippen LogP contribution in [0.5, 0.6) is 0 Å². The van der Waals surface area contributed by atoms with Gasteiger partial charge in [-0.2, -0.15) is 11.8 Å². The van der Waals surface area contributed by atoms with Gasteiger partial charge in [-0.05, 0) is 23.7 Å². The minimum absolute atomic E-state index is 0.138. The molecule has 0 aliphatic carbocycles. The molecule has 0 aliphatic heterocycles. The topological polar surface area (TPSA) is 49.9 Å². The van der Waals surface area contributed by atoms with E-state index in [9.17, 15) is 0 Å². The van der Waals surface area contributed by atoms with E-state index in [1.807, 2.05) is 23.9 Å². The lowest BCUT2D eigenvalue weighted by Crippen LogP contribution is -2.10. The Balaban J connectivity index is 2.35. The van der Waals surface area contributed by atoms with Crippen molar-refractivity contribution in [3.05, 3.63) is 35.4 Å². The van der Waals surface area contributed by atoms with Gasteiger partial charge in [0.25, 0.3) is 0 Å². The fourth-order valence-corrected chi connectivity index (χ4v) is 2.50. The van der Waals surface area contributed by atoms with Crippen molar-refractivity contribution in [1.29, 1.82) is 5.41 Å². The predicted octanol–water partition coefficient (Wildman–Crippen LogP) is 3.25. The molecule has 3 heteroatoms. The van der Waals surface area contributed by atoms with Gasteiger partial charge in [0.2, 0.25) is 0 Å². The molecule has 0 bridgehead atoms. The Hall–Kier alpha value is -0.960. The molecule has 0 spiro atoms. The van der Waals surface area contributed by atoms with Gasteiger partial charge in [0.15, 0.2) is 0 Å². The van der Waals surface area contributed by atoms with E-state index in [4.69, 9.17) is 11.1 Å². The van der Waals surface area contributed by atoms with Gasteiger partial charge in [0, 0.05) is 11.3 Å². The second-order valence-electron chi connectivity index (χ2n) is 4.35. The Labute approximate surface area is 102 Å². The molecule has 0 saturated carbocycles. The molecule has 2 nitrogen and oxygen atoms in total. The Morgan fingerprint density at radius 2 is 1.94 bits per heavy atom. The van der Waals surface area contributed by atoms with Crippen LogP contribution in [-0.2, 0) is 5.75 Å². The number of benzene rings is 1. The van der Waals surface area contributed by atoms with E-state index < -0.39 is 0 Å². The molecule has 0 amide bonds. The normalized spacial score (nSPS) is 10.7. The Kier molecular flexibility index (Phi) is 5.39. The first-order valence-electron chi connectivity index (χ1n) is 5.60. The van der Waals surface area contributed by atoms with Gasteiger partial charge in [-0.25, -0.2) is 0 Å². The summed E-state index contributed by atoms with van der Waals surface area (Å²) >= 11 is 1.96. The molecule has 1 aromatic rings.